The molecule has 17 heavy (non-hydrogen) atoms. The van der Waals surface area contributed by atoms with Gasteiger partial charge < -0.3 is 0 Å². The van der Waals surface area contributed by atoms with Crippen molar-refractivity contribution in [2.24, 2.45) is 10.2 Å². The van der Waals surface area contributed by atoms with Crippen LogP contribution in [0.15, 0.2) is 34.5 Å². The van der Waals surface area contributed by atoms with E-state index in [9.17, 15) is 4.39 Å². The molecular formula is C9H4Cl2FN3S2. The minimum Gasteiger partial charge on any atom is -0.206 e. The summed E-state index contributed by atoms with van der Waals surface area (Å²) in [6.07, 6.45) is 0. The molecule has 0 spiro atoms. The largest absolute Gasteiger partial charge is 0.206 e. The molecule has 0 saturated carbocycles. The van der Waals surface area contributed by atoms with Crippen molar-refractivity contribution in [1.29, 1.82) is 0 Å². The standard InChI is InChI=1S/C9H4Cl2FN3S2/c10-7(5-3-1-2-4-6(5)12)13-14-9-8(11)15-17-16-9/h1-4H/b13-7-,14-9+. The first-order valence-electron chi connectivity index (χ1n) is 4.32. The zero-order chi connectivity index (χ0) is 12.3. The molecule has 1 heterocycles. The number of aromatic nitrogens is 1. The Kier molecular flexibility index (Phi) is 4.22. The highest BCUT2D eigenvalue weighted by atomic mass is 35.5. The Labute approximate surface area is 113 Å². The monoisotopic (exact) mass is 307 g/mol. The maximum atomic E-state index is 13.3. The first-order valence-corrected chi connectivity index (χ1v) is 7.18. The van der Waals surface area contributed by atoms with Gasteiger partial charge in [0, 0.05) is 16.1 Å². The fraction of sp³-hybridized carbons (Fsp3) is 0. The van der Waals surface area contributed by atoms with Crippen LogP contribution in [0.1, 0.15) is 5.56 Å². The molecule has 0 amide bonds. The average molecular weight is 308 g/mol. The molecule has 0 aliphatic carbocycles. The van der Waals surface area contributed by atoms with E-state index < -0.39 is 5.82 Å². The summed E-state index contributed by atoms with van der Waals surface area (Å²) in [5, 5.41) is 7.76. The van der Waals surface area contributed by atoms with Gasteiger partial charge in [-0.15, -0.1) is 10.2 Å². The molecule has 1 aromatic heterocycles. The molecule has 3 nitrogen and oxygen atoms in total. The molecule has 0 atom stereocenters. The van der Waals surface area contributed by atoms with Crippen molar-refractivity contribution in [3.63, 3.8) is 0 Å². The summed E-state index contributed by atoms with van der Waals surface area (Å²) in [5.74, 6) is -0.449. The highest BCUT2D eigenvalue weighted by Crippen LogP contribution is 2.11. The minimum absolute atomic E-state index is 0.0300. The van der Waals surface area contributed by atoms with Crippen LogP contribution in [0, 0.1) is 5.82 Å². The number of hydrogen-bond acceptors (Lipinski definition) is 5. The van der Waals surface area contributed by atoms with Crippen LogP contribution < -0.4 is 4.67 Å². The molecule has 1 aromatic carbocycles. The fourth-order valence-corrected chi connectivity index (χ4v) is 3.09. The molecule has 0 saturated heterocycles. The molecule has 0 bridgehead atoms. The molecule has 0 fully saturated rings. The lowest BCUT2D eigenvalue weighted by molar-refractivity contribution is 0.625. The van der Waals surface area contributed by atoms with Gasteiger partial charge in [0.1, 0.15) is 5.82 Å². The van der Waals surface area contributed by atoms with Crippen molar-refractivity contribution < 1.29 is 4.39 Å². The molecule has 0 unspecified atom stereocenters. The van der Waals surface area contributed by atoms with E-state index in [0.717, 1.165) is 0 Å². The van der Waals surface area contributed by atoms with Gasteiger partial charge in [-0.2, -0.15) is 4.37 Å². The van der Waals surface area contributed by atoms with Gasteiger partial charge in [0.05, 0.1) is 0 Å². The molecule has 0 aliphatic heterocycles. The highest BCUT2D eigenvalue weighted by molar-refractivity contribution is 7.66. The van der Waals surface area contributed by atoms with E-state index in [-0.39, 0.29) is 15.9 Å². The topological polar surface area (TPSA) is 37.6 Å². The SMILES string of the molecule is Fc1ccccc1/C(Cl)=N/N=c1/ssnc1Cl. The van der Waals surface area contributed by atoms with Gasteiger partial charge in [0.2, 0.25) is 0 Å². The number of halogens is 3. The van der Waals surface area contributed by atoms with E-state index in [1.54, 1.807) is 12.1 Å². The average Bonchev–Trinajstić information content (AvgIpc) is 2.72. The van der Waals surface area contributed by atoms with Gasteiger partial charge in [0.15, 0.2) is 15.0 Å². The number of hydrogen-bond donors (Lipinski definition) is 0. The zero-order valence-corrected chi connectivity index (χ0v) is 11.2. The molecule has 8 heteroatoms. The van der Waals surface area contributed by atoms with Crippen molar-refractivity contribution in [3.05, 3.63) is 45.5 Å². The Morgan fingerprint density at radius 2 is 2.12 bits per heavy atom. The van der Waals surface area contributed by atoms with Gasteiger partial charge in [-0.05, 0) is 22.5 Å². The smallest absolute Gasteiger partial charge is 0.188 e. The number of benzene rings is 1. The molecule has 0 aliphatic rings. The van der Waals surface area contributed by atoms with E-state index in [4.69, 9.17) is 23.2 Å². The summed E-state index contributed by atoms with van der Waals surface area (Å²) in [6.45, 7) is 0. The van der Waals surface area contributed by atoms with Crippen LogP contribution in [0.25, 0.3) is 0 Å². The van der Waals surface area contributed by atoms with Gasteiger partial charge in [-0.3, -0.25) is 0 Å². The zero-order valence-electron chi connectivity index (χ0n) is 8.10. The Morgan fingerprint density at radius 1 is 1.35 bits per heavy atom. The predicted octanol–water partition coefficient (Wildman–Crippen LogP) is 3.50. The van der Waals surface area contributed by atoms with Gasteiger partial charge in [-0.1, -0.05) is 35.3 Å². The normalized spacial score (nSPS) is 13.1. The van der Waals surface area contributed by atoms with Crippen molar-refractivity contribution in [2.75, 3.05) is 0 Å². The maximum absolute atomic E-state index is 13.3. The van der Waals surface area contributed by atoms with Crippen molar-refractivity contribution in [2.45, 2.75) is 0 Å². The van der Waals surface area contributed by atoms with Gasteiger partial charge in [0.25, 0.3) is 0 Å². The van der Waals surface area contributed by atoms with Crippen LogP contribution in [0.3, 0.4) is 0 Å². The molecule has 0 N–H and O–H groups in total. The number of nitrogens with zero attached hydrogens (tertiary/aromatic N) is 3. The van der Waals surface area contributed by atoms with Crippen LogP contribution in [-0.4, -0.2) is 9.54 Å². The Hall–Kier alpha value is -0.820. The van der Waals surface area contributed by atoms with Crippen molar-refractivity contribution in [1.82, 2.24) is 4.37 Å². The van der Waals surface area contributed by atoms with Gasteiger partial charge >= 0.3 is 0 Å². The molecule has 2 rings (SSSR count). The van der Waals surface area contributed by atoms with Crippen molar-refractivity contribution >= 4 is 49.2 Å². The second kappa shape index (κ2) is 5.68. The van der Waals surface area contributed by atoms with Crippen LogP contribution in [0.5, 0.6) is 0 Å². The third kappa shape index (κ3) is 3.10. The van der Waals surface area contributed by atoms with E-state index in [0.29, 0.717) is 4.67 Å². The van der Waals surface area contributed by atoms with E-state index in [1.165, 1.54) is 33.0 Å². The summed E-state index contributed by atoms with van der Waals surface area (Å²) < 4.78 is 17.6. The van der Waals surface area contributed by atoms with Crippen LogP contribution in [0.2, 0.25) is 5.15 Å². The minimum atomic E-state index is -0.449. The third-order valence-electron chi connectivity index (χ3n) is 1.73. The first-order chi connectivity index (χ1) is 8.18. The quantitative estimate of drug-likeness (QED) is 0.475. The number of rotatable bonds is 2. The van der Waals surface area contributed by atoms with Crippen molar-refractivity contribution in [3.8, 4) is 0 Å². The lowest BCUT2D eigenvalue weighted by atomic mass is 10.2. The second-order valence-corrected chi connectivity index (χ2v) is 5.36. The highest BCUT2D eigenvalue weighted by Gasteiger charge is 2.05. The van der Waals surface area contributed by atoms with E-state index in [2.05, 4.69) is 14.6 Å². The fourth-order valence-electron chi connectivity index (χ4n) is 0.990. The summed E-state index contributed by atoms with van der Waals surface area (Å²) in [6, 6.07) is 6.06. The first kappa shape index (κ1) is 12.6. The lowest BCUT2D eigenvalue weighted by Crippen LogP contribution is -1.97. The van der Waals surface area contributed by atoms with Crippen LogP contribution >= 0.6 is 44.1 Å². The Bertz CT molecular complexity index is 620. The molecule has 0 radical (unpaired) electrons. The Balaban J connectivity index is 2.37. The van der Waals surface area contributed by atoms with Crippen LogP contribution in [-0.2, 0) is 0 Å². The maximum Gasteiger partial charge on any atom is 0.188 e. The molecule has 88 valence electrons. The lowest BCUT2D eigenvalue weighted by Gasteiger charge is -1.96. The predicted molar refractivity (Wildman–Crippen MR) is 69.4 cm³/mol. The summed E-state index contributed by atoms with van der Waals surface area (Å²) in [4.78, 5) is 0. The molecular weight excluding hydrogens is 304 g/mol. The van der Waals surface area contributed by atoms with E-state index in [1.807, 2.05) is 0 Å². The van der Waals surface area contributed by atoms with E-state index >= 15 is 0 Å². The third-order valence-corrected chi connectivity index (χ3v) is 4.18. The van der Waals surface area contributed by atoms with Crippen LogP contribution in [0.4, 0.5) is 4.39 Å². The summed E-state index contributed by atoms with van der Waals surface area (Å²) >= 11 is 11.6. The summed E-state index contributed by atoms with van der Waals surface area (Å²) in [7, 11) is 2.46. The second-order valence-electron chi connectivity index (χ2n) is 2.82. The summed E-state index contributed by atoms with van der Waals surface area (Å²) in [5.41, 5.74) is 0.197. The Morgan fingerprint density at radius 3 is 2.76 bits per heavy atom. The molecule has 2 aromatic rings. The van der Waals surface area contributed by atoms with Gasteiger partial charge in [-0.25, -0.2) is 4.39 Å².